The van der Waals surface area contributed by atoms with Crippen molar-refractivity contribution in [2.24, 2.45) is 0 Å². The maximum atomic E-state index is 13.7. The summed E-state index contributed by atoms with van der Waals surface area (Å²) in [5, 5.41) is 18.7. The number of aliphatic hydroxyl groups excluding tert-OH is 2. The first-order valence-electron chi connectivity index (χ1n) is 6.66. The zero-order valence-electron chi connectivity index (χ0n) is 11.9. The molecule has 1 aromatic rings. The fourth-order valence-corrected chi connectivity index (χ4v) is 2.15. The summed E-state index contributed by atoms with van der Waals surface area (Å²) in [7, 11) is 0. The van der Waals surface area contributed by atoms with Gasteiger partial charge in [0, 0.05) is 6.42 Å². The molecule has 2 N–H and O–H groups in total. The minimum Gasteiger partial charge on any atom is -0.445 e. The van der Waals surface area contributed by atoms with E-state index in [2.05, 4.69) is 11.3 Å². The first-order valence-corrected chi connectivity index (χ1v) is 6.66. The third-order valence-corrected chi connectivity index (χ3v) is 3.27. The first-order chi connectivity index (χ1) is 10.9. The average Bonchev–Trinajstić information content (AvgIpc) is 2.89. The molecule has 1 aromatic heterocycles. The van der Waals surface area contributed by atoms with E-state index in [1.165, 1.54) is 6.08 Å². The second-order valence-electron chi connectivity index (χ2n) is 4.79. The summed E-state index contributed by atoms with van der Waals surface area (Å²) in [5.74, 6) is -1.37. The van der Waals surface area contributed by atoms with Crippen molar-refractivity contribution in [1.82, 2.24) is 9.13 Å². The average molecular weight is 330 g/mol. The van der Waals surface area contributed by atoms with Gasteiger partial charge in [0.2, 0.25) is 5.82 Å². The zero-order valence-corrected chi connectivity index (χ0v) is 11.9. The van der Waals surface area contributed by atoms with Gasteiger partial charge in [-0.15, -0.1) is 0 Å². The Morgan fingerprint density at radius 2 is 2.26 bits per heavy atom. The highest BCUT2D eigenvalue weighted by molar-refractivity contribution is 5.70. The standard InChI is InChI=1S/C13H15FN2O7/c1-2-3-22-13(21)16-11(19)7(14)5-15(12(16)20)10-4-8(18)9(6-17)23-10/h2,5,8-10,17-18H,1,3-4,6H2/t8?,9-,10-/m0/s1. The minimum absolute atomic E-state index is 0.0130. The van der Waals surface area contributed by atoms with Crippen LogP contribution in [0.15, 0.2) is 28.4 Å². The molecule has 23 heavy (non-hydrogen) atoms. The summed E-state index contributed by atoms with van der Waals surface area (Å²) in [6.45, 7) is 2.53. The number of hydrogen-bond donors (Lipinski definition) is 2. The van der Waals surface area contributed by atoms with Crippen LogP contribution in [-0.4, -0.2) is 50.9 Å². The Balaban J connectivity index is 2.45. The van der Waals surface area contributed by atoms with Gasteiger partial charge in [0.1, 0.15) is 18.9 Å². The molecule has 0 amide bonds. The quantitative estimate of drug-likeness (QED) is 0.677. The third kappa shape index (κ3) is 3.23. The molecule has 2 rings (SSSR count). The first kappa shape index (κ1) is 17.1. The van der Waals surface area contributed by atoms with E-state index in [0.29, 0.717) is 10.8 Å². The molecule has 2 heterocycles. The Morgan fingerprint density at radius 1 is 1.57 bits per heavy atom. The van der Waals surface area contributed by atoms with Crippen molar-refractivity contribution < 1.29 is 28.9 Å². The summed E-state index contributed by atoms with van der Waals surface area (Å²) < 4.78 is 24.2. The lowest BCUT2D eigenvalue weighted by Crippen LogP contribution is -2.46. The van der Waals surface area contributed by atoms with Gasteiger partial charge < -0.3 is 19.7 Å². The van der Waals surface area contributed by atoms with Crippen LogP contribution in [0.25, 0.3) is 0 Å². The largest absolute Gasteiger partial charge is 0.445 e. The highest BCUT2D eigenvalue weighted by Crippen LogP contribution is 2.27. The maximum Gasteiger partial charge on any atom is 0.425 e. The second-order valence-corrected chi connectivity index (χ2v) is 4.79. The van der Waals surface area contributed by atoms with Crippen LogP contribution in [0.3, 0.4) is 0 Å². The number of halogens is 1. The van der Waals surface area contributed by atoms with Gasteiger partial charge in [-0.05, 0) is 0 Å². The molecule has 10 heteroatoms. The van der Waals surface area contributed by atoms with Gasteiger partial charge in [-0.1, -0.05) is 12.7 Å². The van der Waals surface area contributed by atoms with E-state index in [9.17, 15) is 23.9 Å². The molecule has 0 bridgehead atoms. The molecule has 1 saturated heterocycles. The van der Waals surface area contributed by atoms with E-state index < -0.39 is 48.2 Å². The fourth-order valence-electron chi connectivity index (χ4n) is 2.15. The van der Waals surface area contributed by atoms with Crippen LogP contribution in [-0.2, 0) is 9.47 Å². The third-order valence-electron chi connectivity index (χ3n) is 3.27. The highest BCUT2D eigenvalue weighted by Gasteiger charge is 2.36. The highest BCUT2D eigenvalue weighted by atomic mass is 19.1. The van der Waals surface area contributed by atoms with E-state index in [-0.39, 0.29) is 17.6 Å². The number of aromatic nitrogens is 2. The molecule has 0 radical (unpaired) electrons. The van der Waals surface area contributed by atoms with Crippen LogP contribution in [0.5, 0.6) is 0 Å². The minimum atomic E-state index is -1.46. The Bertz CT molecular complexity index is 726. The van der Waals surface area contributed by atoms with Gasteiger partial charge in [-0.2, -0.15) is 8.96 Å². The van der Waals surface area contributed by atoms with Crippen LogP contribution < -0.4 is 11.2 Å². The molecule has 0 aliphatic carbocycles. The van der Waals surface area contributed by atoms with Crippen molar-refractivity contribution in [3.8, 4) is 0 Å². The Labute approximate surface area is 128 Å². The predicted molar refractivity (Wildman–Crippen MR) is 73.5 cm³/mol. The molecular weight excluding hydrogens is 315 g/mol. The van der Waals surface area contributed by atoms with Crippen molar-refractivity contribution in [3.05, 3.63) is 45.5 Å². The van der Waals surface area contributed by atoms with E-state index in [0.717, 1.165) is 0 Å². The number of nitrogens with zero attached hydrogens (tertiary/aromatic N) is 2. The topological polar surface area (TPSA) is 120 Å². The molecule has 1 unspecified atom stereocenters. The number of ether oxygens (including phenoxy) is 2. The number of aliphatic hydroxyl groups is 2. The molecule has 1 aliphatic heterocycles. The summed E-state index contributed by atoms with van der Waals surface area (Å²) in [6, 6.07) is 0. The molecule has 126 valence electrons. The Morgan fingerprint density at radius 3 is 2.83 bits per heavy atom. The van der Waals surface area contributed by atoms with Gasteiger partial charge in [0.05, 0.1) is 18.9 Å². The number of carbonyl (C=O) groups is 1. The van der Waals surface area contributed by atoms with Gasteiger partial charge in [0.15, 0.2) is 0 Å². The van der Waals surface area contributed by atoms with Crippen molar-refractivity contribution in [1.29, 1.82) is 0 Å². The number of hydrogen-bond acceptors (Lipinski definition) is 7. The summed E-state index contributed by atoms with van der Waals surface area (Å²) in [5.41, 5.74) is -2.64. The van der Waals surface area contributed by atoms with Gasteiger partial charge in [0.25, 0.3) is 0 Å². The maximum absolute atomic E-state index is 13.7. The Hall–Kier alpha value is -2.30. The monoisotopic (exact) mass is 330 g/mol. The van der Waals surface area contributed by atoms with E-state index in [1.807, 2.05) is 0 Å². The summed E-state index contributed by atoms with van der Waals surface area (Å²) in [6.07, 6.45) is -2.85. The normalized spacial score (nSPS) is 23.7. The lowest BCUT2D eigenvalue weighted by Gasteiger charge is -2.16. The lowest BCUT2D eigenvalue weighted by atomic mass is 10.2. The van der Waals surface area contributed by atoms with E-state index >= 15 is 0 Å². The van der Waals surface area contributed by atoms with Crippen molar-refractivity contribution in [3.63, 3.8) is 0 Å². The molecule has 9 nitrogen and oxygen atoms in total. The van der Waals surface area contributed by atoms with Crippen LogP contribution in [0, 0.1) is 5.82 Å². The van der Waals surface area contributed by atoms with E-state index in [4.69, 9.17) is 9.84 Å². The van der Waals surface area contributed by atoms with Crippen molar-refractivity contribution >= 4 is 6.09 Å². The predicted octanol–water partition coefficient (Wildman–Crippen LogP) is -1.04. The zero-order chi connectivity index (χ0) is 17.1. The van der Waals surface area contributed by atoms with E-state index in [1.54, 1.807) is 0 Å². The van der Waals surface area contributed by atoms with Gasteiger partial charge in [-0.25, -0.2) is 9.59 Å². The lowest BCUT2D eigenvalue weighted by molar-refractivity contribution is -0.0465. The molecule has 1 fully saturated rings. The smallest absolute Gasteiger partial charge is 0.425 e. The van der Waals surface area contributed by atoms with Crippen LogP contribution in [0.4, 0.5) is 9.18 Å². The fraction of sp³-hybridized carbons (Fsp3) is 0.462. The molecule has 0 saturated carbocycles. The van der Waals surface area contributed by atoms with Crippen molar-refractivity contribution in [2.75, 3.05) is 13.2 Å². The molecule has 0 aromatic carbocycles. The van der Waals surface area contributed by atoms with Crippen LogP contribution in [0.2, 0.25) is 0 Å². The SMILES string of the molecule is C=CCOC(=O)n1c(=O)c(F)cn([C@@H]2CC(O)[C@H](CO)O2)c1=O. The second kappa shape index (κ2) is 6.86. The van der Waals surface area contributed by atoms with Crippen LogP contribution >= 0.6 is 0 Å². The number of rotatable bonds is 4. The summed E-state index contributed by atoms with van der Waals surface area (Å²) >= 11 is 0. The van der Waals surface area contributed by atoms with Crippen LogP contribution in [0.1, 0.15) is 12.6 Å². The molecular formula is C13H15FN2O7. The van der Waals surface area contributed by atoms with Gasteiger partial charge >= 0.3 is 17.3 Å². The Kier molecular flexibility index (Phi) is 5.08. The van der Waals surface area contributed by atoms with Crippen molar-refractivity contribution in [2.45, 2.75) is 24.9 Å². The summed E-state index contributed by atoms with van der Waals surface area (Å²) in [4.78, 5) is 35.6. The molecule has 0 spiro atoms. The number of carbonyl (C=O) groups excluding carboxylic acids is 1. The molecule has 3 atom stereocenters. The van der Waals surface area contributed by atoms with Gasteiger partial charge in [-0.3, -0.25) is 9.36 Å². The molecule has 1 aliphatic rings.